The number of nitrogens with zero attached hydrogens (tertiary/aromatic N) is 2. The SMILES string of the molecule is CCCCc1nnc(C(NC)c2ccccc2)o1. The Morgan fingerprint density at radius 2 is 2.00 bits per heavy atom. The van der Waals surface area contributed by atoms with Gasteiger partial charge in [0.1, 0.15) is 6.04 Å². The largest absolute Gasteiger partial charge is 0.423 e. The van der Waals surface area contributed by atoms with E-state index in [4.69, 9.17) is 4.42 Å². The standard InChI is InChI=1S/C14H19N3O/c1-3-4-10-12-16-17-14(18-12)13(15-2)11-8-6-5-7-9-11/h5-9,13,15H,3-4,10H2,1-2H3. The summed E-state index contributed by atoms with van der Waals surface area (Å²) in [5.41, 5.74) is 1.13. The maximum atomic E-state index is 5.71. The van der Waals surface area contributed by atoms with Gasteiger partial charge < -0.3 is 9.73 Å². The van der Waals surface area contributed by atoms with Crippen LogP contribution in [0.1, 0.15) is 43.2 Å². The second-order valence-corrected chi connectivity index (χ2v) is 4.27. The van der Waals surface area contributed by atoms with Crippen LogP contribution >= 0.6 is 0 Å². The van der Waals surface area contributed by atoms with Gasteiger partial charge in [-0.15, -0.1) is 10.2 Å². The van der Waals surface area contributed by atoms with Gasteiger partial charge in [0, 0.05) is 6.42 Å². The molecule has 1 aromatic heterocycles. The average Bonchev–Trinajstić information content (AvgIpc) is 2.87. The van der Waals surface area contributed by atoms with Gasteiger partial charge in [-0.2, -0.15) is 0 Å². The van der Waals surface area contributed by atoms with Crippen LogP contribution < -0.4 is 5.32 Å². The second-order valence-electron chi connectivity index (χ2n) is 4.27. The Balaban J connectivity index is 2.15. The highest BCUT2D eigenvalue weighted by Crippen LogP contribution is 2.20. The first-order valence-electron chi connectivity index (χ1n) is 6.39. The van der Waals surface area contributed by atoms with Gasteiger partial charge in [-0.3, -0.25) is 0 Å². The lowest BCUT2D eigenvalue weighted by molar-refractivity contribution is 0.412. The van der Waals surface area contributed by atoms with E-state index in [0.717, 1.165) is 30.7 Å². The quantitative estimate of drug-likeness (QED) is 0.850. The summed E-state index contributed by atoms with van der Waals surface area (Å²) in [6.45, 7) is 2.15. The molecule has 1 heterocycles. The number of hydrogen-bond donors (Lipinski definition) is 1. The van der Waals surface area contributed by atoms with Crippen LogP contribution in [0.5, 0.6) is 0 Å². The van der Waals surface area contributed by atoms with Crippen molar-refractivity contribution in [1.29, 1.82) is 0 Å². The zero-order valence-electron chi connectivity index (χ0n) is 10.9. The molecule has 1 unspecified atom stereocenters. The first-order valence-corrected chi connectivity index (χ1v) is 6.39. The van der Waals surface area contributed by atoms with E-state index in [9.17, 15) is 0 Å². The molecule has 0 bridgehead atoms. The molecule has 0 aliphatic rings. The zero-order chi connectivity index (χ0) is 12.8. The van der Waals surface area contributed by atoms with Gasteiger partial charge in [0.2, 0.25) is 11.8 Å². The third kappa shape index (κ3) is 2.96. The molecule has 0 fully saturated rings. The lowest BCUT2D eigenvalue weighted by atomic mass is 10.1. The number of nitrogens with one attached hydrogen (secondary N) is 1. The Hall–Kier alpha value is -1.68. The molecule has 0 amide bonds. The van der Waals surface area contributed by atoms with E-state index >= 15 is 0 Å². The smallest absolute Gasteiger partial charge is 0.237 e. The number of aryl methyl sites for hydroxylation is 1. The summed E-state index contributed by atoms with van der Waals surface area (Å²) in [5, 5.41) is 11.4. The molecular weight excluding hydrogens is 226 g/mol. The summed E-state index contributed by atoms with van der Waals surface area (Å²) in [5.74, 6) is 1.36. The van der Waals surface area contributed by atoms with Crippen LogP contribution in [-0.2, 0) is 6.42 Å². The van der Waals surface area contributed by atoms with E-state index in [-0.39, 0.29) is 6.04 Å². The molecule has 0 aliphatic heterocycles. The lowest BCUT2D eigenvalue weighted by Gasteiger charge is -2.11. The molecule has 1 atom stereocenters. The fraction of sp³-hybridized carbons (Fsp3) is 0.429. The maximum Gasteiger partial charge on any atom is 0.237 e. The molecule has 2 rings (SSSR count). The Labute approximate surface area is 107 Å². The minimum absolute atomic E-state index is 0.0333. The summed E-state index contributed by atoms with van der Waals surface area (Å²) in [6, 6.07) is 10.1. The van der Waals surface area contributed by atoms with Crippen molar-refractivity contribution in [2.24, 2.45) is 0 Å². The molecule has 4 nitrogen and oxygen atoms in total. The summed E-state index contributed by atoms with van der Waals surface area (Å²) in [4.78, 5) is 0. The van der Waals surface area contributed by atoms with Crippen molar-refractivity contribution >= 4 is 0 Å². The Bertz CT molecular complexity index is 467. The Kier molecular flexibility index (Phi) is 4.47. The van der Waals surface area contributed by atoms with Gasteiger partial charge in [-0.1, -0.05) is 43.7 Å². The first-order chi connectivity index (χ1) is 8.85. The molecular formula is C14H19N3O. The van der Waals surface area contributed by atoms with Crippen molar-refractivity contribution in [2.75, 3.05) is 7.05 Å². The van der Waals surface area contributed by atoms with Crippen molar-refractivity contribution in [3.05, 3.63) is 47.7 Å². The molecule has 1 N–H and O–H groups in total. The molecule has 0 aliphatic carbocycles. The number of aromatic nitrogens is 2. The van der Waals surface area contributed by atoms with Crippen LogP contribution in [-0.4, -0.2) is 17.2 Å². The molecule has 0 saturated heterocycles. The highest BCUT2D eigenvalue weighted by Gasteiger charge is 2.18. The minimum atomic E-state index is -0.0333. The molecule has 0 spiro atoms. The molecule has 96 valence electrons. The van der Waals surface area contributed by atoms with E-state index in [1.165, 1.54) is 0 Å². The van der Waals surface area contributed by atoms with Crippen LogP contribution in [0.15, 0.2) is 34.7 Å². The van der Waals surface area contributed by atoms with Crippen molar-refractivity contribution in [2.45, 2.75) is 32.2 Å². The van der Waals surface area contributed by atoms with Gasteiger partial charge in [-0.05, 0) is 19.0 Å². The number of unbranched alkanes of at least 4 members (excludes halogenated alkanes) is 1. The summed E-state index contributed by atoms with van der Waals surface area (Å²) in [7, 11) is 1.90. The Morgan fingerprint density at radius 3 is 2.67 bits per heavy atom. The number of rotatable bonds is 6. The third-order valence-electron chi connectivity index (χ3n) is 2.90. The van der Waals surface area contributed by atoms with E-state index in [1.807, 2.05) is 25.2 Å². The van der Waals surface area contributed by atoms with Gasteiger partial charge in [0.15, 0.2) is 0 Å². The van der Waals surface area contributed by atoms with Gasteiger partial charge in [-0.25, -0.2) is 0 Å². The highest BCUT2D eigenvalue weighted by molar-refractivity contribution is 5.23. The van der Waals surface area contributed by atoms with Crippen molar-refractivity contribution < 1.29 is 4.42 Å². The van der Waals surface area contributed by atoms with Crippen molar-refractivity contribution in [3.63, 3.8) is 0 Å². The van der Waals surface area contributed by atoms with Crippen LogP contribution in [0.3, 0.4) is 0 Å². The van der Waals surface area contributed by atoms with Crippen LogP contribution in [0.2, 0.25) is 0 Å². The maximum absolute atomic E-state index is 5.71. The molecule has 0 saturated carbocycles. The lowest BCUT2D eigenvalue weighted by Crippen LogP contribution is -2.17. The van der Waals surface area contributed by atoms with E-state index in [0.29, 0.717) is 5.89 Å². The summed E-state index contributed by atoms with van der Waals surface area (Å²) in [6.07, 6.45) is 3.07. The summed E-state index contributed by atoms with van der Waals surface area (Å²) < 4.78 is 5.71. The van der Waals surface area contributed by atoms with E-state index in [1.54, 1.807) is 0 Å². The third-order valence-corrected chi connectivity index (χ3v) is 2.90. The fourth-order valence-corrected chi connectivity index (χ4v) is 1.89. The fourth-order valence-electron chi connectivity index (χ4n) is 1.89. The number of benzene rings is 1. The highest BCUT2D eigenvalue weighted by atomic mass is 16.4. The topological polar surface area (TPSA) is 51.0 Å². The molecule has 4 heteroatoms. The minimum Gasteiger partial charge on any atom is -0.423 e. The van der Waals surface area contributed by atoms with E-state index < -0.39 is 0 Å². The molecule has 0 radical (unpaired) electrons. The van der Waals surface area contributed by atoms with Crippen LogP contribution in [0.4, 0.5) is 0 Å². The van der Waals surface area contributed by atoms with Gasteiger partial charge in [0.25, 0.3) is 0 Å². The Morgan fingerprint density at radius 1 is 1.22 bits per heavy atom. The molecule has 2 aromatic rings. The molecule has 1 aromatic carbocycles. The first kappa shape index (κ1) is 12.8. The van der Waals surface area contributed by atoms with Gasteiger partial charge >= 0.3 is 0 Å². The predicted molar refractivity (Wildman–Crippen MR) is 70.3 cm³/mol. The van der Waals surface area contributed by atoms with Crippen molar-refractivity contribution in [1.82, 2.24) is 15.5 Å². The normalized spacial score (nSPS) is 12.6. The predicted octanol–water partition coefficient (Wildman–Crippen LogP) is 2.72. The number of hydrogen-bond acceptors (Lipinski definition) is 4. The van der Waals surface area contributed by atoms with Gasteiger partial charge in [0.05, 0.1) is 0 Å². The van der Waals surface area contributed by atoms with E-state index in [2.05, 4.69) is 34.6 Å². The average molecular weight is 245 g/mol. The second kappa shape index (κ2) is 6.31. The van der Waals surface area contributed by atoms with Crippen LogP contribution in [0.25, 0.3) is 0 Å². The van der Waals surface area contributed by atoms with Crippen LogP contribution in [0, 0.1) is 0 Å². The monoisotopic (exact) mass is 245 g/mol. The summed E-state index contributed by atoms with van der Waals surface area (Å²) >= 11 is 0. The zero-order valence-corrected chi connectivity index (χ0v) is 10.9. The molecule has 18 heavy (non-hydrogen) atoms. The van der Waals surface area contributed by atoms with Crippen molar-refractivity contribution in [3.8, 4) is 0 Å².